The number of nitrogens with zero attached hydrogens (tertiary/aromatic N) is 1. The van der Waals surface area contributed by atoms with Crippen LogP contribution in [0.5, 0.6) is 0 Å². The fraction of sp³-hybridized carbons (Fsp3) is 0.143. The summed E-state index contributed by atoms with van der Waals surface area (Å²) >= 11 is 6.03. The number of fused-ring (bicyclic) bond motifs is 1. The molecule has 3 aromatic carbocycles. The lowest BCUT2D eigenvalue weighted by molar-refractivity contribution is -0.132. The van der Waals surface area contributed by atoms with Crippen LogP contribution in [0.4, 0.5) is 5.69 Å². The van der Waals surface area contributed by atoms with E-state index in [4.69, 9.17) is 11.6 Å². The first-order valence-electron chi connectivity index (χ1n) is 8.29. The second-order valence-electron chi connectivity index (χ2n) is 6.09. The molecular weight excluding hydrogens is 348 g/mol. The van der Waals surface area contributed by atoms with E-state index < -0.39 is 0 Å². The lowest BCUT2D eigenvalue weighted by atomic mass is 10.0. The maximum absolute atomic E-state index is 12.5. The Bertz CT molecular complexity index is 950. The summed E-state index contributed by atoms with van der Waals surface area (Å²) in [7, 11) is 1.62. The van der Waals surface area contributed by atoms with Crippen molar-refractivity contribution in [1.82, 2.24) is 4.90 Å². The molecule has 0 saturated heterocycles. The number of anilines is 1. The second kappa shape index (κ2) is 8.02. The lowest BCUT2D eigenvalue weighted by Crippen LogP contribution is -2.35. The van der Waals surface area contributed by atoms with Gasteiger partial charge in [0.15, 0.2) is 0 Å². The highest BCUT2D eigenvalue weighted by Crippen LogP contribution is 2.21. The van der Waals surface area contributed by atoms with Crippen molar-refractivity contribution in [1.29, 1.82) is 0 Å². The number of hydrogen-bond donors (Lipinski definition) is 1. The minimum Gasteiger partial charge on any atom is -0.336 e. The first-order valence-corrected chi connectivity index (χ1v) is 8.67. The van der Waals surface area contributed by atoms with Gasteiger partial charge in [-0.15, -0.1) is 0 Å². The quantitative estimate of drug-likeness (QED) is 0.738. The highest BCUT2D eigenvalue weighted by molar-refractivity contribution is 6.33. The van der Waals surface area contributed by atoms with Crippen LogP contribution < -0.4 is 5.32 Å². The first-order chi connectivity index (χ1) is 12.5. The SMILES string of the molecule is CN(CC(=O)Nc1ccccc1Cl)C(=O)Cc1cccc2ccccc12. The predicted molar refractivity (Wildman–Crippen MR) is 105 cm³/mol. The number of likely N-dealkylation sites (N-methyl/N-ethyl adjacent to an activating group) is 1. The van der Waals surface area contributed by atoms with Gasteiger partial charge in [0, 0.05) is 7.05 Å². The molecule has 0 aliphatic heterocycles. The fourth-order valence-corrected chi connectivity index (χ4v) is 2.98. The average Bonchev–Trinajstić information content (AvgIpc) is 2.64. The molecule has 0 bridgehead atoms. The normalized spacial score (nSPS) is 10.5. The lowest BCUT2D eigenvalue weighted by Gasteiger charge is -2.18. The molecule has 0 fully saturated rings. The summed E-state index contributed by atoms with van der Waals surface area (Å²) in [5.74, 6) is -0.400. The van der Waals surface area contributed by atoms with Gasteiger partial charge in [-0.25, -0.2) is 0 Å². The van der Waals surface area contributed by atoms with Crippen LogP contribution in [-0.2, 0) is 16.0 Å². The van der Waals surface area contributed by atoms with Gasteiger partial charge in [0.2, 0.25) is 11.8 Å². The van der Waals surface area contributed by atoms with Crippen LogP contribution in [-0.4, -0.2) is 30.3 Å². The zero-order valence-corrected chi connectivity index (χ0v) is 15.2. The second-order valence-corrected chi connectivity index (χ2v) is 6.50. The predicted octanol–water partition coefficient (Wildman–Crippen LogP) is 4.13. The Morgan fingerprint density at radius 2 is 1.65 bits per heavy atom. The average molecular weight is 367 g/mol. The third-order valence-corrected chi connectivity index (χ3v) is 4.51. The smallest absolute Gasteiger partial charge is 0.244 e. The minimum atomic E-state index is -0.285. The minimum absolute atomic E-state index is 0.0329. The molecule has 0 spiro atoms. The van der Waals surface area contributed by atoms with E-state index in [1.165, 1.54) is 4.90 Å². The maximum Gasteiger partial charge on any atom is 0.244 e. The van der Waals surface area contributed by atoms with Crippen LogP contribution in [0.1, 0.15) is 5.56 Å². The molecule has 0 aliphatic carbocycles. The summed E-state index contributed by atoms with van der Waals surface area (Å²) in [5.41, 5.74) is 1.49. The zero-order chi connectivity index (χ0) is 18.5. The molecule has 132 valence electrons. The Hall–Kier alpha value is -2.85. The molecule has 0 atom stereocenters. The topological polar surface area (TPSA) is 49.4 Å². The summed E-state index contributed by atoms with van der Waals surface area (Å²) in [5, 5.41) is 5.34. The van der Waals surface area contributed by atoms with Gasteiger partial charge in [-0.2, -0.15) is 0 Å². The van der Waals surface area contributed by atoms with Gasteiger partial charge < -0.3 is 10.2 Å². The summed E-state index contributed by atoms with van der Waals surface area (Å²) in [6.45, 7) is -0.0329. The number of hydrogen-bond acceptors (Lipinski definition) is 2. The molecule has 1 N–H and O–H groups in total. The molecule has 3 aromatic rings. The monoisotopic (exact) mass is 366 g/mol. The van der Waals surface area contributed by atoms with Gasteiger partial charge in [0.05, 0.1) is 23.7 Å². The number of carbonyl (C=O) groups excluding carboxylic acids is 2. The van der Waals surface area contributed by atoms with Crippen LogP contribution in [0.3, 0.4) is 0 Å². The number of para-hydroxylation sites is 1. The highest BCUT2D eigenvalue weighted by Gasteiger charge is 2.15. The zero-order valence-electron chi connectivity index (χ0n) is 14.4. The molecule has 2 amide bonds. The van der Waals surface area contributed by atoms with Gasteiger partial charge in [0.1, 0.15) is 0 Å². The number of nitrogens with one attached hydrogen (secondary N) is 1. The third-order valence-electron chi connectivity index (χ3n) is 4.18. The highest BCUT2D eigenvalue weighted by atomic mass is 35.5. The van der Waals surface area contributed by atoms with Gasteiger partial charge in [0.25, 0.3) is 0 Å². The number of halogens is 1. The fourth-order valence-electron chi connectivity index (χ4n) is 2.80. The summed E-state index contributed by atoms with van der Waals surface area (Å²) < 4.78 is 0. The molecule has 3 rings (SSSR count). The molecule has 5 heteroatoms. The molecule has 0 unspecified atom stereocenters. The van der Waals surface area contributed by atoms with Crippen LogP contribution in [0.2, 0.25) is 5.02 Å². The summed E-state index contributed by atoms with van der Waals surface area (Å²) in [4.78, 5) is 26.1. The van der Waals surface area contributed by atoms with E-state index in [0.717, 1.165) is 16.3 Å². The van der Waals surface area contributed by atoms with E-state index in [1.807, 2.05) is 42.5 Å². The maximum atomic E-state index is 12.5. The third kappa shape index (κ3) is 4.21. The standard InChI is InChI=1S/C21H19ClN2O2/c1-24(14-20(25)23-19-12-5-4-11-18(19)22)21(26)13-16-9-6-8-15-7-2-3-10-17(15)16/h2-12H,13-14H2,1H3,(H,23,25). The summed E-state index contributed by atoms with van der Waals surface area (Å²) in [6, 6.07) is 20.8. The Balaban J connectivity index is 1.64. The molecule has 0 heterocycles. The molecule has 4 nitrogen and oxygen atoms in total. The van der Waals surface area contributed by atoms with E-state index in [2.05, 4.69) is 5.32 Å². The van der Waals surface area contributed by atoms with Gasteiger partial charge in [-0.3, -0.25) is 9.59 Å². The van der Waals surface area contributed by atoms with Crippen molar-refractivity contribution in [2.45, 2.75) is 6.42 Å². The van der Waals surface area contributed by atoms with Crippen molar-refractivity contribution in [3.05, 3.63) is 77.3 Å². The largest absolute Gasteiger partial charge is 0.336 e. The van der Waals surface area contributed by atoms with E-state index in [0.29, 0.717) is 10.7 Å². The van der Waals surface area contributed by atoms with Crippen molar-refractivity contribution in [3.63, 3.8) is 0 Å². The van der Waals surface area contributed by atoms with Gasteiger partial charge in [-0.05, 0) is 28.5 Å². The van der Waals surface area contributed by atoms with E-state index in [1.54, 1.807) is 31.3 Å². The van der Waals surface area contributed by atoms with Crippen molar-refractivity contribution >= 4 is 39.9 Å². The van der Waals surface area contributed by atoms with E-state index in [9.17, 15) is 9.59 Å². The molecule has 0 saturated carbocycles. The van der Waals surface area contributed by atoms with Crippen molar-refractivity contribution in [2.75, 3.05) is 18.9 Å². The number of carbonyl (C=O) groups is 2. The molecule has 0 aromatic heterocycles. The molecule has 26 heavy (non-hydrogen) atoms. The van der Waals surface area contributed by atoms with Crippen LogP contribution in [0, 0.1) is 0 Å². The Morgan fingerprint density at radius 1 is 0.962 bits per heavy atom. The van der Waals surface area contributed by atoms with Crippen molar-refractivity contribution < 1.29 is 9.59 Å². The number of benzene rings is 3. The number of amides is 2. The van der Waals surface area contributed by atoms with Crippen molar-refractivity contribution in [3.8, 4) is 0 Å². The first kappa shape index (κ1) is 18.0. The molecule has 0 radical (unpaired) electrons. The molecule has 0 aliphatic rings. The molecular formula is C21H19ClN2O2. The van der Waals surface area contributed by atoms with Crippen molar-refractivity contribution in [2.24, 2.45) is 0 Å². The Morgan fingerprint density at radius 3 is 2.46 bits per heavy atom. The summed E-state index contributed by atoms with van der Waals surface area (Å²) in [6.07, 6.45) is 0.247. The van der Waals surface area contributed by atoms with Gasteiger partial charge in [-0.1, -0.05) is 66.2 Å². The Kier molecular flexibility index (Phi) is 5.54. The van der Waals surface area contributed by atoms with E-state index >= 15 is 0 Å². The van der Waals surface area contributed by atoms with Crippen LogP contribution >= 0.6 is 11.6 Å². The van der Waals surface area contributed by atoms with Crippen LogP contribution in [0.25, 0.3) is 10.8 Å². The van der Waals surface area contributed by atoms with Crippen LogP contribution in [0.15, 0.2) is 66.7 Å². The number of rotatable bonds is 5. The van der Waals surface area contributed by atoms with E-state index in [-0.39, 0.29) is 24.8 Å². The Labute approximate surface area is 157 Å². The van der Waals surface area contributed by atoms with Gasteiger partial charge >= 0.3 is 0 Å².